The Hall–Kier alpha value is -3.26. The molecular formula is C22H23N3O4S. The van der Waals surface area contributed by atoms with E-state index in [0.29, 0.717) is 23.4 Å². The van der Waals surface area contributed by atoms with E-state index in [2.05, 4.69) is 17.6 Å². The predicted molar refractivity (Wildman–Crippen MR) is 118 cm³/mol. The number of fused-ring (bicyclic) bond motifs is 1. The smallest absolute Gasteiger partial charge is 0.262 e. The van der Waals surface area contributed by atoms with Crippen LogP contribution in [-0.4, -0.2) is 40.9 Å². The van der Waals surface area contributed by atoms with Crippen LogP contribution in [0.15, 0.2) is 48.5 Å². The van der Waals surface area contributed by atoms with Crippen molar-refractivity contribution in [3.8, 4) is 5.75 Å². The van der Waals surface area contributed by atoms with E-state index in [4.69, 9.17) is 17.0 Å². The van der Waals surface area contributed by atoms with Crippen LogP contribution in [0, 0.1) is 0 Å². The summed E-state index contributed by atoms with van der Waals surface area (Å²) in [5, 5.41) is 5.46. The molecule has 1 heterocycles. The fraction of sp³-hybridized carbons (Fsp3) is 0.273. The summed E-state index contributed by atoms with van der Waals surface area (Å²) in [5.41, 5.74) is 1.28. The maximum absolute atomic E-state index is 12.3. The fourth-order valence-electron chi connectivity index (χ4n) is 3.03. The van der Waals surface area contributed by atoms with Gasteiger partial charge in [-0.2, -0.15) is 0 Å². The molecule has 0 spiro atoms. The maximum atomic E-state index is 12.3. The van der Waals surface area contributed by atoms with Crippen molar-refractivity contribution in [2.75, 3.05) is 18.5 Å². The molecule has 0 saturated carbocycles. The van der Waals surface area contributed by atoms with E-state index in [1.807, 2.05) is 12.1 Å². The molecule has 1 aliphatic heterocycles. The number of thiocarbonyl (C=S) groups is 1. The van der Waals surface area contributed by atoms with Gasteiger partial charge in [0, 0.05) is 5.69 Å². The van der Waals surface area contributed by atoms with E-state index >= 15 is 0 Å². The molecule has 2 N–H and O–H groups in total. The lowest BCUT2D eigenvalue weighted by atomic mass is 10.1. The minimum atomic E-state index is -0.558. The maximum Gasteiger partial charge on any atom is 0.262 e. The highest BCUT2D eigenvalue weighted by Crippen LogP contribution is 2.22. The summed E-state index contributed by atoms with van der Waals surface area (Å²) in [6.07, 6.45) is 3.29. The lowest BCUT2D eigenvalue weighted by molar-refractivity contribution is -0.120. The molecule has 0 aliphatic carbocycles. The summed E-state index contributed by atoms with van der Waals surface area (Å²) in [6.45, 7) is 2.41. The Morgan fingerprint density at radius 2 is 1.63 bits per heavy atom. The minimum Gasteiger partial charge on any atom is -0.494 e. The van der Waals surface area contributed by atoms with Crippen molar-refractivity contribution in [3.05, 3.63) is 59.7 Å². The number of carbonyl (C=O) groups is 3. The van der Waals surface area contributed by atoms with E-state index in [-0.39, 0.29) is 5.11 Å². The Bertz CT molecular complexity index is 924. The Morgan fingerprint density at radius 1 is 1.00 bits per heavy atom. The second kappa shape index (κ2) is 9.98. The molecule has 0 bridgehead atoms. The van der Waals surface area contributed by atoms with E-state index in [9.17, 15) is 14.4 Å². The Kier molecular flexibility index (Phi) is 7.13. The lowest BCUT2D eigenvalue weighted by Gasteiger charge is -2.15. The van der Waals surface area contributed by atoms with Crippen molar-refractivity contribution in [1.82, 2.24) is 10.2 Å². The number of imide groups is 1. The minimum absolute atomic E-state index is 0.0771. The topological polar surface area (TPSA) is 87.7 Å². The number of benzene rings is 2. The van der Waals surface area contributed by atoms with Crippen molar-refractivity contribution in [2.45, 2.75) is 26.2 Å². The van der Waals surface area contributed by atoms with Crippen LogP contribution in [0.25, 0.3) is 0 Å². The monoisotopic (exact) mass is 425 g/mol. The second-order valence-electron chi connectivity index (χ2n) is 6.82. The number of amides is 3. The van der Waals surface area contributed by atoms with Crippen LogP contribution in [0.1, 0.15) is 46.9 Å². The summed E-state index contributed by atoms with van der Waals surface area (Å²) in [5.74, 6) is -0.770. The molecule has 156 valence electrons. The second-order valence-corrected chi connectivity index (χ2v) is 7.23. The number of ether oxygens (including phenoxy) is 1. The Morgan fingerprint density at radius 3 is 2.23 bits per heavy atom. The van der Waals surface area contributed by atoms with Crippen LogP contribution >= 0.6 is 12.2 Å². The largest absolute Gasteiger partial charge is 0.494 e. The van der Waals surface area contributed by atoms with Gasteiger partial charge in [0.1, 0.15) is 12.3 Å². The Labute approximate surface area is 180 Å². The molecule has 8 heteroatoms. The fourth-order valence-corrected chi connectivity index (χ4v) is 3.26. The number of nitrogens with one attached hydrogen (secondary N) is 2. The summed E-state index contributed by atoms with van der Waals surface area (Å²) >= 11 is 5.15. The van der Waals surface area contributed by atoms with Gasteiger partial charge >= 0.3 is 0 Å². The van der Waals surface area contributed by atoms with Crippen LogP contribution < -0.4 is 15.4 Å². The first-order valence-corrected chi connectivity index (χ1v) is 10.2. The lowest BCUT2D eigenvalue weighted by Crippen LogP contribution is -2.43. The number of unbranched alkanes of at least 4 members (excludes halogenated alkanes) is 2. The van der Waals surface area contributed by atoms with Gasteiger partial charge in [-0.15, -0.1) is 0 Å². The zero-order chi connectivity index (χ0) is 21.5. The summed E-state index contributed by atoms with van der Waals surface area (Å²) in [7, 11) is 0. The third-order valence-corrected chi connectivity index (χ3v) is 4.77. The molecule has 7 nitrogen and oxygen atoms in total. The molecule has 2 aromatic rings. The quantitative estimate of drug-likeness (QED) is 0.383. The molecule has 0 atom stereocenters. The van der Waals surface area contributed by atoms with Gasteiger partial charge in [-0.1, -0.05) is 31.9 Å². The van der Waals surface area contributed by atoms with Gasteiger partial charge in [0.05, 0.1) is 17.7 Å². The molecule has 0 radical (unpaired) electrons. The first kappa shape index (κ1) is 21.4. The SMILES string of the molecule is CCCCCOc1ccc(NC(=S)NC(=O)CN2C(=O)c3ccccc3C2=O)cc1. The van der Waals surface area contributed by atoms with E-state index in [0.717, 1.165) is 29.9 Å². The number of nitrogens with zero attached hydrogens (tertiary/aromatic N) is 1. The summed E-state index contributed by atoms with van der Waals surface area (Å²) in [6, 6.07) is 13.7. The first-order chi connectivity index (χ1) is 14.5. The third-order valence-electron chi connectivity index (χ3n) is 4.56. The van der Waals surface area contributed by atoms with Crippen molar-refractivity contribution >= 4 is 40.7 Å². The van der Waals surface area contributed by atoms with Gasteiger partial charge < -0.3 is 15.4 Å². The number of anilines is 1. The van der Waals surface area contributed by atoms with Crippen molar-refractivity contribution in [2.24, 2.45) is 0 Å². The van der Waals surface area contributed by atoms with Crippen LogP contribution in [0.4, 0.5) is 5.69 Å². The van der Waals surface area contributed by atoms with Gasteiger partial charge in [0.2, 0.25) is 5.91 Å². The zero-order valence-corrected chi connectivity index (χ0v) is 17.5. The standard InChI is InChI=1S/C22H23N3O4S/c1-2-3-6-13-29-16-11-9-15(10-12-16)23-22(30)24-19(26)14-25-20(27)17-7-4-5-8-18(17)21(25)28/h4-5,7-12H,2-3,6,13-14H2,1H3,(H2,23,24,26,30). The normalized spacial score (nSPS) is 12.5. The predicted octanol–water partition coefficient (Wildman–Crippen LogP) is 3.36. The van der Waals surface area contributed by atoms with Crippen molar-refractivity contribution < 1.29 is 19.1 Å². The highest BCUT2D eigenvalue weighted by Gasteiger charge is 2.36. The molecule has 30 heavy (non-hydrogen) atoms. The average Bonchev–Trinajstić information content (AvgIpc) is 2.97. The molecule has 0 aromatic heterocycles. The summed E-state index contributed by atoms with van der Waals surface area (Å²) in [4.78, 5) is 37.8. The van der Waals surface area contributed by atoms with Crippen molar-refractivity contribution in [3.63, 3.8) is 0 Å². The van der Waals surface area contributed by atoms with Crippen LogP contribution in [0.5, 0.6) is 5.75 Å². The number of rotatable bonds is 8. The van der Waals surface area contributed by atoms with E-state index < -0.39 is 24.3 Å². The number of carbonyl (C=O) groups excluding carboxylic acids is 3. The highest BCUT2D eigenvalue weighted by molar-refractivity contribution is 7.80. The Balaban J connectivity index is 1.48. The van der Waals surface area contributed by atoms with E-state index in [1.54, 1.807) is 36.4 Å². The van der Waals surface area contributed by atoms with Gasteiger partial charge in [0.25, 0.3) is 11.8 Å². The number of hydrogen-bond acceptors (Lipinski definition) is 5. The molecule has 2 aromatic carbocycles. The molecule has 0 unspecified atom stereocenters. The van der Waals surface area contributed by atoms with Crippen molar-refractivity contribution in [1.29, 1.82) is 0 Å². The molecule has 0 saturated heterocycles. The van der Waals surface area contributed by atoms with Gasteiger partial charge in [0.15, 0.2) is 5.11 Å². The summed E-state index contributed by atoms with van der Waals surface area (Å²) < 4.78 is 5.65. The molecule has 3 amide bonds. The molecular weight excluding hydrogens is 402 g/mol. The number of hydrogen-bond donors (Lipinski definition) is 2. The van der Waals surface area contributed by atoms with Gasteiger partial charge in [-0.05, 0) is 55.0 Å². The van der Waals surface area contributed by atoms with Crippen LogP contribution in [-0.2, 0) is 4.79 Å². The van der Waals surface area contributed by atoms with Crippen LogP contribution in [0.3, 0.4) is 0 Å². The van der Waals surface area contributed by atoms with E-state index in [1.165, 1.54) is 0 Å². The van der Waals surface area contributed by atoms with Gasteiger partial charge in [-0.25, -0.2) is 0 Å². The molecule has 3 rings (SSSR count). The first-order valence-electron chi connectivity index (χ1n) is 9.78. The van der Waals surface area contributed by atoms with Crippen LogP contribution in [0.2, 0.25) is 0 Å². The third kappa shape index (κ3) is 5.21. The molecule has 0 fully saturated rings. The highest BCUT2D eigenvalue weighted by atomic mass is 32.1. The molecule has 1 aliphatic rings. The average molecular weight is 426 g/mol. The van der Waals surface area contributed by atoms with Gasteiger partial charge in [-0.3, -0.25) is 19.3 Å². The zero-order valence-electron chi connectivity index (χ0n) is 16.6.